The summed E-state index contributed by atoms with van der Waals surface area (Å²) < 4.78 is 2.64. The van der Waals surface area contributed by atoms with Crippen molar-refractivity contribution in [1.82, 2.24) is 4.57 Å². The van der Waals surface area contributed by atoms with Crippen LogP contribution in [0.1, 0.15) is 77.1 Å². The molecule has 1 atom stereocenters. The van der Waals surface area contributed by atoms with Gasteiger partial charge in [-0.2, -0.15) is 0 Å². The molecule has 1 fully saturated rings. The quantitative estimate of drug-likeness (QED) is 0.605. The van der Waals surface area contributed by atoms with E-state index >= 15 is 0 Å². The van der Waals surface area contributed by atoms with E-state index in [-0.39, 0.29) is 5.41 Å². The summed E-state index contributed by atoms with van der Waals surface area (Å²) in [6, 6.07) is 9.62. The Morgan fingerprint density at radius 2 is 1.68 bits per heavy atom. The Morgan fingerprint density at radius 3 is 2.32 bits per heavy atom. The summed E-state index contributed by atoms with van der Waals surface area (Å²) in [5, 5.41) is 1.45. The summed E-state index contributed by atoms with van der Waals surface area (Å²) >= 11 is 0. The topological polar surface area (TPSA) is 4.93 Å². The highest BCUT2D eigenvalue weighted by Gasteiger charge is 2.28. The molecule has 1 nitrogen and oxygen atoms in total. The van der Waals surface area contributed by atoms with Crippen LogP contribution in [0.15, 0.2) is 24.3 Å². The molecule has 0 unspecified atom stereocenters. The Hall–Kier alpha value is -1.24. The average Bonchev–Trinajstić information content (AvgIpc) is 2.79. The van der Waals surface area contributed by atoms with Gasteiger partial charge in [-0.1, -0.05) is 58.2 Å². The van der Waals surface area contributed by atoms with E-state index in [9.17, 15) is 0 Å². The van der Waals surface area contributed by atoms with Crippen molar-refractivity contribution in [2.45, 2.75) is 78.2 Å². The van der Waals surface area contributed by atoms with Crippen LogP contribution in [0.5, 0.6) is 0 Å². The van der Waals surface area contributed by atoms with Crippen molar-refractivity contribution in [3.05, 3.63) is 35.5 Å². The normalized spacial score (nSPS) is 18.8. The third-order valence-corrected chi connectivity index (χ3v) is 5.65. The van der Waals surface area contributed by atoms with Crippen molar-refractivity contribution in [1.29, 1.82) is 0 Å². The molecule has 22 heavy (non-hydrogen) atoms. The highest BCUT2D eigenvalue weighted by Crippen LogP contribution is 2.40. The lowest BCUT2D eigenvalue weighted by atomic mass is 9.84. The number of rotatable bonds is 2. The van der Waals surface area contributed by atoms with Crippen molar-refractivity contribution in [3.8, 4) is 0 Å². The lowest BCUT2D eigenvalue weighted by molar-refractivity contribution is 0.265. The summed E-state index contributed by atoms with van der Waals surface area (Å²) in [6.45, 7) is 11.8. The molecule has 1 aromatic carbocycles. The van der Waals surface area contributed by atoms with Crippen LogP contribution in [0, 0.1) is 12.8 Å². The Morgan fingerprint density at radius 1 is 1.05 bits per heavy atom. The maximum atomic E-state index is 2.64. The average molecular weight is 297 g/mol. The molecule has 0 spiro atoms. The van der Waals surface area contributed by atoms with Crippen LogP contribution in [-0.4, -0.2) is 4.57 Å². The van der Waals surface area contributed by atoms with Crippen LogP contribution < -0.4 is 0 Å². The van der Waals surface area contributed by atoms with E-state index in [0.717, 1.165) is 5.92 Å². The second-order valence-corrected chi connectivity index (χ2v) is 8.24. The summed E-state index contributed by atoms with van der Waals surface area (Å²) in [5.74, 6) is 0.844. The summed E-state index contributed by atoms with van der Waals surface area (Å²) in [6.07, 6.45) is 7.07. The van der Waals surface area contributed by atoms with Crippen molar-refractivity contribution >= 4 is 10.9 Å². The van der Waals surface area contributed by atoms with Crippen LogP contribution in [0.25, 0.3) is 10.9 Å². The van der Waals surface area contributed by atoms with Gasteiger partial charge in [0.25, 0.3) is 0 Å². The number of aromatic nitrogens is 1. The van der Waals surface area contributed by atoms with Crippen molar-refractivity contribution < 1.29 is 0 Å². The Bertz CT molecular complexity index is 650. The second-order valence-electron chi connectivity index (χ2n) is 8.24. The molecule has 1 saturated carbocycles. The van der Waals surface area contributed by atoms with Gasteiger partial charge in [0.05, 0.1) is 0 Å². The van der Waals surface area contributed by atoms with Gasteiger partial charge < -0.3 is 4.57 Å². The molecule has 0 saturated heterocycles. The Labute approximate surface area is 135 Å². The molecule has 0 bridgehead atoms. The SMILES string of the molecule is Cc1c(C(C)(C)C)c2ccccc2n1[C@H](C)C1CCCCC1. The number of nitrogens with zero attached hydrogens (tertiary/aromatic N) is 1. The van der Waals surface area contributed by atoms with Gasteiger partial charge in [0, 0.05) is 22.6 Å². The van der Waals surface area contributed by atoms with Gasteiger partial charge in [0.15, 0.2) is 0 Å². The maximum Gasteiger partial charge on any atom is 0.0488 e. The Kier molecular flexibility index (Phi) is 4.09. The molecular weight excluding hydrogens is 266 g/mol. The number of para-hydroxylation sites is 1. The molecule has 1 aliphatic rings. The summed E-state index contributed by atoms with van der Waals surface area (Å²) in [7, 11) is 0. The number of benzene rings is 1. The second kappa shape index (κ2) is 5.76. The largest absolute Gasteiger partial charge is 0.342 e. The van der Waals surface area contributed by atoms with Gasteiger partial charge in [-0.25, -0.2) is 0 Å². The van der Waals surface area contributed by atoms with Crippen molar-refractivity contribution in [3.63, 3.8) is 0 Å². The molecule has 0 N–H and O–H groups in total. The van der Waals surface area contributed by atoms with E-state index < -0.39 is 0 Å². The minimum atomic E-state index is 0.196. The van der Waals surface area contributed by atoms with E-state index in [4.69, 9.17) is 0 Å². The van der Waals surface area contributed by atoms with Gasteiger partial charge in [0.2, 0.25) is 0 Å². The molecular formula is C21H31N. The van der Waals surface area contributed by atoms with Crippen LogP contribution >= 0.6 is 0 Å². The van der Waals surface area contributed by atoms with Gasteiger partial charge in [-0.3, -0.25) is 0 Å². The highest BCUT2D eigenvalue weighted by atomic mass is 15.0. The minimum Gasteiger partial charge on any atom is -0.342 e. The molecule has 0 aliphatic heterocycles. The van der Waals surface area contributed by atoms with Gasteiger partial charge >= 0.3 is 0 Å². The van der Waals surface area contributed by atoms with Crippen molar-refractivity contribution in [2.24, 2.45) is 5.92 Å². The van der Waals surface area contributed by atoms with E-state index in [1.807, 2.05) is 0 Å². The predicted molar refractivity (Wildman–Crippen MR) is 96.7 cm³/mol. The molecule has 1 aromatic heterocycles. The zero-order chi connectivity index (χ0) is 15.9. The standard InChI is InChI=1S/C21H31N/c1-15(17-11-7-6-8-12-17)22-16(2)20(21(3,4)5)18-13-9-10-14-19(18)22/h9-10,13-15,17H,6-8,11-12H2,1-5H3/t15-/m1/s1. The van der Waals surface area contributed by atoms with E-state index in [2.05, 4.69) is 63.5 Å². The van der Waals surface area contributed by atoms with Crippen LogP contribution in [-0.2, 0) is 5.41 Å². The maximum absolute atomic E-state index is 2.64. The zero-order valence-electron chi connectivity index (χ0n) is 14.9. The van der Waals surface area contributed by atoms with E-state index in [1.165, 1.54) is 54.3 Å². The number of hydrogen-bond donors (Lipinski definition) is 0. The first-order chi connectivity index (χ1) is 10.4. The fourth-order valence-corrected chi connectivity index (χ4v) is 4.69. The number of fused-ring (bicyclic) bond motifs is 1. The van der Waals surface area contributed by atoms with Crippen LogP contribution in [0.2, 0.25) is 0 Å². The molecule has 0 radical (unpaired) electrons. The molecule has 1 heteroatoms. The number of hydrogen-bond acceptors (Lipinski definition) is 0. The predicted octanol–water partition coefficient (Wildman–Crippen LogP) is 6.39. The molecule has 1 aliphatic carbocycles. The van der Waals surface area contributed by atoms with Gasteiger partial charge in [-0.05, 0) is 49.7 Å². The minimum absolute atomic E-state index is 0.196. The monoisotopic (exact) mass is 297 g/mol. The third kappa shape index (κ3) is 2.59. The lowest BCUT2D eigenvalue weighted by Crippen LogP contribution is -2.21. The van der Waals surface area contributed by atoms with Crippen LogP contribution in [0.4, 0.5) is 0 Å². The first-order valence-electron chi connectivity index (χ1n) is 9.01. The van der Waals surface area contributed by atoms with Gasteiger partial charge in [0.1, 0.15) is 0 Å². The van der Waals surface area contributed by atoms with E-state index in [0.29, 0.717) is 6.04 Å². The lowest BCUT2D eigenvalue weighted by Gasteiger charge is -2.31. The van der Waals surface area contributed by atoms with E-state index in [1.54, 1.807) is 0 Å². The molecule has 1 heterocycles. The molecule has 0 amide bonds. The molecule has 120 valence electrons. The zero-order valence-corrected chi connectivity index (χ0v) is 14.9. The fraction of sp³-hybridized carbons (Fsp3) is 0.619. The highest BCUT2D eigenvalue weighted by molar-refractivity contribution is 5.86. The Balaban J connectivity index is 2.15. The van der Waals surface area contributed by atoms with Crippen molar-refractivity contribution in [2.75, 3.05) is 0 Å². The third-order valence-electron chi connectivity index (χ3n) is 5.65. The first-order valence-corrected chi connectivity index (χ1v) is 9.01. The smallest absolute Gasteiger partial charge is 0.0488 e. The molecule has 2 aromatic rings. The van der Waals surface area contributed by atoms with Crippen LogP contribution in [0.3, 0.4) is 0 Å². The molecule has 3 rings (SSSR count). The summed E-state index contributed by atoms with van der Waals surface area (Å²) in [4.78, 5) is 0. The first kappa shape index (κ1) is 15.6. The fourth-order valence-electron chi connectivity index (χ4n) is 4.69. The van der Waals surface area contributed by atoms with Gasteiger partial charge in [-0.15, -0.1) is 0 Å². The summed E-state index contributed by atoms with van der Waals surface area (Å²) in [5.41, 5.74) is 4.64.